The van der Waals surface area contributed by atoms with Crippen molar-refractivity contribution in [2.45, 2.75) is 12.8 Å². The third-order valence-electron chi connectivity index (χ3n) is 3.41. The molecule has 1 fully saturated rings. The number of hydrogen-bond acceptors (Lipinski definition) is 5. The smallest absolute Gasteiger partial charge is 0.226 e. The van der Waals surface area contributed by atoms with Crippen molar-refractivity contribution < 1.29 is 4.74 Å². The van der Waals surface area contributed by atoms with Crippen molar-refractivity contribution in [3.63, 3.8) is 0 Å². The van der Waals surface area contributed by atoms with Crippen LogP contribution >= 0.6 is 11.6 Å². The van der Waals surface area contributed by atoms with Crippen LogP contribution in [-0.4, -0.2) is 47.0 Å². The lowest BCUT2D eigenvalue weighted by atomic mass is 10.0. The fourth-order valence-electron chi connectivity index (χ4n) is 2.51. The number of rotatable bonds is 3. The van der Waals surface area contributed by atoms with Crippen LogP contribution in [0.15, 0.2) is 6.20 Å². The SMILES string of the molecule is CN(CC1CCCOC1)c1nc(Cl)nc2[nH]ncc12. The number of fused-ring (bicyclic) bond motifs is 1. The van der Waals surface area contributed by atoms with E-state index in [-0.39, 0.29) is 5.28 Å². The summed E-state index contributed by atoms with van der Waals surface area (Å²) in [4.78, 5) is 10.5. The molecule has 0 bridgehead atoms. The maximum absolute atomic E-state index is 5.95. The minimum absolute atomic E-state index is 0.235. The standard InChI is InChI=1S/C12H16ClN5O/c1-18(6-8-3-2-4-19-7-8)11-9-5-14-17-10(9)15-12(13)16-11/h5,8H,2-4,6-7H2,1H3,(H,14,15,16,17). The van der Waals surface area contributed by atoms with E-state index in [0.717, 1.165) is 37.4 Å². The molecule has 0 saturated carbocycles. The fraction of sp³-hybridized carbons (Fsp3) is 0.583. The van der Waals surface area contributed by atoms with Crippen LogP contribution in [0.5, 0.6) is 0 Å². The zero-order valence-electron chi connectivity index (χ0n) is 10.8. The van der Waals surface area contributed by atoms with Gasteiger partial charge in [0.25, 0.3) is 0 Å². The second kappa shape index (κ2) is 5.30. The summed E-state index contributed by atoms with van der Waals surface area (Å²) < 4.78 is 5.51. The zero-order chi connectivity index (χ0) is 13.2. The van der Waals surface area contributed by atoms with Gasteiger partial charge in [0.1, 0.15) is 5.82 Å². The number of hydrogen-bond donors (Lipinski definition) is 1. The van der Waals surface area contributed by atoms with Gasteiger partial charge in [-0.25, -0.2) is 0 Å². The summed E-state index contributed by atoms with van der Waals surface area (Å²) in [5, 5.41) is 7.94. The van der Waals surface area contributed by atoms with E-state index in [4.69, 9.17) is 16.3 Å². The molecule has 1 saturated heterocycles. The Bertz CT molecular complexity index is 566. The first-order chi connectivity index (χ1) is 9.24. The highest BCUT2D eigenvalue weighted by Crippen LogP contribution is 2.25. The molecule has 1 aliphatic rings. The van der Waals surface area contributed by atoms with Crippen LogP contribution in [0, 0.1) is 5.92 Å². The Morgan fingerprint density at radius 2 is 2.42 bits per heavy atom. The lowest BCUT2D eigenvalue weighted by molar-refractivity contribution is 0.0576. The Morgan fingerprint density at radius 1 is 1.53 bits per heavy atom. The molecule has 2 aromatic rings. The predicted molar refractivity (Wildman–Crippen MR) is 73.5 cm³/mol. The van der Waals surface area contributed by atoms with Gasteiger partial charge in [-0.15, -0.1) is 0 Å². The van der Waals surface area contributed by atoms with Gasteiger partial charge in [0.05, 0.1) is 18.2 Å². The molecule has 3 rings (SSSR count). The van der Waals surface area contributed by atoms with Gasteiger partial charge in [0, 0.05) is 20.2 Å². The van der Waals surface area contributed by atoms with Gasteiger partial charge in [0.2, 0.25) is 5.28 Å². The lowest BCUT2D eigenvalue weighted by Gasteiger charge is -2.27. The third kappa shape index (κ3) is 2.64. The number of nitrogens with one attached hydrogen (secondary N) is 1. The average molecular weight is 282 g/mol. The summed E-state index contributed by atoms with van der Waals surface area (Å²) in [6, 6.07) is 0. The van der Waals surface area contributed by atoms with E-state index in [0.29, 0.717) is 11.6 Å². The highest BCUT2D eigenvalue weighted by molar-refractivity contribution is 6.28. The van der Waals surface area contributed by atoms with Gasteiger partial charge in [-0.05, 0) is 30.4 Å². The maximum atomic E-state index is 5.95. The first kappa shape index (κ1) is 12.6. The van der Waals surface area contributed by atoms with Gasteiger partial charge in [0.15, 0.2) is 5.65 Å². The van der Waals surface area contributed by atoms with E-state index < -0.39 is 0 Å². The number of aromatic nitrogens is 4. The van der Waals surface area contributed by atoms with Crippen LogP contribution < -0.4 is 4.90 Å². The topological polar surface area (TPSA) is 66.9 Å². The molecule has 0 amide bonds. The van der Waals surface area contributed by atoms with E-state index in [2.05, 4.69) is 25.1 Å². The normalized spacial score (nSPS) is 19.8. The number of H-pyrrole nitrogens is 1. The monoisotopic (exact) mass is 281 g/mol. The van der Waals surface area contributed by atoms with E-state index in [1.165, 1.54) is 6.42 Å². The van der Waals surface area contributed by atoms with E-state index in [1.54, 1.807) is 6.20 Å². The summed E-state index contributed by atoms with van der Waals surface area (Å²) in [5.41, 5.74) is 0.668. The Morgan fingerprint density at radius 3 is 3.21 bits per heavy atom. The Balaban J connectivity index is 1.83. The second-order valence-electron chi connectivity index (χ2n) is 4.91. The van der Waals surface area contributed by atoms with Crippen LogP contribution in [0.25, 0.3) is 11.0 Å². The third-order valence-corrected chi connectivity index (χ3v) is 3.58. The molecule has 19 heavy (non-hydrogen) atoms. The van der Waals surface area contributed by atoms with Crippen LogP contribution in [0.4, 0.5) is 5.82 Å². The highest BCUT2D eigenvalue weighted by Gasteiger charge is 2.19. The molecule has 1 unspecified atom stereocenters. The average Bonchev–Trinajstić information content (AvgIpc) is 2.86. The molecular formula is C12H16ClN5O. The molecule has 0 aromatic carbocycles. The Kier molecular flexibility index (Phi) is 3.52. The first-order valence-corrected chi connectivity index (χ1v) is 6.77. The van der Waals surface area contributed by atoms with Crippen molar-refractivity contribution in [1.82, 2.24) is 20.2 Å². The van der Waals surface area contributed by atoms with E-state index in [1.807, 2.05) is 7.05 Å². The van der Waals surface area contributed by atoms with Gasteiger partial charge in [-0.1, -0.05) is 0 Å². The highest BCUT2D eigenvalue weighted by atomic mass is 35.5. The van der Waals surface area contributed by atoms with Crippen molar-refractivity contribution in [3.8, 4) is 0 Å². The van der Waals surface area contributed by atoms with Crippen molar-refractivity contribution in [1.29, 1.82) is 0 Å². The molecule has 1 atom stereocenters. The molecule has 2 aromatic heterocycles. The quantitative estimate of drug-likeness (QED) is 0.870. The number of nitrogens with zero attached hydrogens (tertiary/aromatic N) is 4. The van der Waals surface area contributed by atoms with Gasteiger partial charge in [-0.2, -0.15) is 15.1 Å². The fourth-order valence-corrected chi connectivity index (χ4v) is 2.67. The predicted octanol–water partition coefficient (Wildman–Crippen LogP) is 1.87. The number of halogens is 1. The summed E-state index contributed by atoms with van der Waals surface area (Å²) in [6.07, 6.45) is 4.05. The molecule has 0 spiro atoms. The van der Waals surface area contributed by atoms with Crippen molar-refractivity contribution in [2.75, 3.05) is 31.7 Å². The summed E-state index contributed by atoms with van der Waals surface area (Å²) in [5.74, 6) is 1.35. The molecule has 0 aliphatic carbocycles. The second-order valence-corrected chi connectivity index (χ2v) is 5.25. The van der Waals surface area contributed by atoms with Crippen LogP contribution in [0.1, 0.15) is 12.8 Å². The number of ether oxygens (including phenoxy) is 1. The zero-order valence-corrected chi connectivity index (χ0v) is 11.5. The summed E-state index contributed by atoms with van der Waals surface area (Å²) in [7, 11) is 2.01. The molecular weight excluding hydrogens is 266 g/mol. The Hall–Kier alpha value is -1.40. The summed E-state index contributed by atoms with van der Waals surface area (Å²) >= 11 is 5.95. The van der Waals surface area contributed by atoms with Crippen LogP contribution in [-0.2, 0) is 4.74 Å². The number of anilines is 1. The van der Waals surface area contributed by atoms with Crippen LogP contribution in [0.2, 0.25) is 5.28 Å². The molecule has 6 nitrogen and oxygen atoms in total. The van der Waals surface area contributed by atoms with Gasteiger partial charge < -0.3 is 9.64 Å². The van der Waals surface area contributed by atoms with Crippen molar-refractivity contribution in [2.24, 2.45) is 5.92 Å². The molecule has 7 heteroatoms. The van der Waals surface area contributed by atoms with Crippen molar-refractivity contribution in [3.05, 3.63) is 11.5 Å². The lowest BCUT2D eigenvalue weighted by Crippen LogP contribution is -2.31. The molecule has 1 N–H and O–H groups in total. The largest absolute Gasteiger partial charge is 0.381 e. The van der Waals surface area contributed by atoms with E-state index >= 15 is 0 Å². The first-order valence-electron chi connectivity index (χ1n) is 6.39. The molecule has 3 heterocycles. The molecule has 1 aliphatic heterocycles. The molecule has 0 radical (unpaired) electrons. The minimum Gasteiger partial charge on any atom is -0.381 e. The van der Waals surface area contributed by atoms with Gasteiger partial charge >= 0.3 is 0 Å². The molecule has 102 valence electrons. The van der Waals surface area contributed by atoms with E-state index in [9.17, 15) is 0 Å². The van der Waals surface area contributed by atoms with Crippen LogP contribution in [0.3, 0.4) is 0 Å². The minimum atomic E-state index is 0.235. The van der Waals surface area contributed by atoms with Crippen molar-refractivity contribution >= 4 is 28.5 Å². The van der Waals surface area contributed by atoms with Gasteiger partial charge in [-0.3, -0.25) is 5.10 Å². The number of aromatic amines is 1. The summed E-state index contributed by atoms with van der Waals surface area (Å²) in [6.45, 7) is 2.59. The Labute approximate surface area is 116 Å². The maximum Gasteiger partial charge on any atom is 0.226 e.